The number of nitrogens with zero attached hydrogens (tertiary/aromatic N) is 4. The minimum atomic E-state index is -0.612. The lowest BCUT2D eigenvalue weighted by Crippen LogP contribution is -2.52. The molecule has 280 valence electrons. The van der Waals surface area contributed by atoms with E-state index in [1.165, 1.54) is 0 Å². The number of benzene rings is 5. The van der Waals surface area contributed by atoms with Crippen molar-refractivity contribution in [2.45, 2.75) is 25.4 Å². The Morgan fingerprint density at radius 2 is 1.55 bits per heavy atom. The van der Waals surface area contributed by atoms with Gasteiger partial charge in [-0.2, -0.15) is 0 Å². The Hall–Kier alpha value is -6.20. The number of imide groups is 1. The molecule has 5 aromatic rings. The highest BCUT2D eigenvalue weighted by molar-refractivity contribution is 6.05. The molecule has 0 bridgehead atoms. The van der Waals surface area contributed by atoms with Crippen molar-refractivity contribution in [3.63, 3.8) is 0 Å². The van der Waals surface area contributed by atoms with Gasteiger partial charge in [-0.3, -0.25) is 29.4 Å². The van der Waals surface area contributed by atoms with Crippen LogP contribution in [0, 0.1) is 0 Å². The zero-order valence-corrected chi connectivity index (χ0v) is 31.0. The van der Waals surface area contributed by atoms with Gasteiger partial charge in [0, 0.05) is 87.5 Å². The van der Waals surface area contributed by atoms with E-state index in [1.807, 2.05) is 72.8 Å². The number of carbonyl (C=O) groups is 4. The van der Waals surface area contributed by atoms with Gasteiger partial charge < -0.3 is 24.2 Å². The average Bonchev–Trinajstić information content (AvgIpc) is 3.53. The zero-order valence-electron chi connectivity index (χ0n) is 31.0. The van der Waals surface area contributed by atoms with Gasteiger partial charge in [-0.05, 0) is 83.6 Å². The molecule has 55 heavy (non-hydrogen) atoms. The third kappa shape index (κ3) is 7.48. The molecule has 0 saturated carbocycles. The minimum Gasteiger partial charge on any atom is -0.492 e. The molecule has 4 amide bonds. The van der Waals surface area contributed by atoms with E-state index in [9.17, 15) is 19.2 Å². The quantitative estimate of drug-likeness (QED) is 0.175. The van der Waals surface area contributed by atoms with E-state index >= 15 is 0 Å². The maximum absolute atomic E-state index is 13.1. The number of hydrogen-bond acceptors (Lipinski definition) is 8. The van der Waals surface area contributed by atoms with Crippen molar-refractivity contribution in [3.05, 3.63) is 120 Å². The van der Waals surface area contributed by atoms with E-state index in [-0.39, 0.29) is 24.1 Å². The molecule has 0 aliphatic carbocycles. The molecule has 0 spiro atoms. The normalized spacial score (nSPS) is 17.3. The third-order valence-electron chi connectivity index (χ3n) is 10.7. The summed E-state index contributed by atoms with van der Waals surface area (Å²) >= 11 is 0. The molecule has 0 radical (unpaired) electrons. The van der Waals surface area contributed by atoms with E-state index < -0.39 is 11.9 Å². The first-order valence-electron chi connectivity index (χ1n) is 18.7. The van der Waals surface area contributed by atoms with Crippen LogP contribution in [0.1, 0.15) is 39.1 Å². The molecule has 1 atom stereocenters. The van der Waals surface area contributed by atoms with Gasteiger partial charge in [0.15, 0.2) is 0 Å². The Morgan fingerprint density at radius 1 is 0.818 bits per heavy atom. The Labute approximate surface area is 320 Å². The largest absolute Gasteiger partial charge is 0.492 e. The predicted octanol–water partition coefficient (Wildman–Crippen LogP) is 5.96. The first-order chi connectivity index (χ1) is 26.7. The molecule has 3 heterocycles. The van der Waals surface area contributed by atoms with Crippen LogP contribution in [0.4, 0.5) is 5.69 Å². The lowest BCUT2D eigenvalue weighted by atomic mass is 9.98. The second kappa shape index (κ2) is 15.3. The number of piperazine rings is 1. The van der Waals surface area contributed by atoms with Gasteiger partial charge >= 0.3 is 0 Å². The maximum atomic E-state index is 13.1. The molecule has 3 aliphatic rings. The standard InChI is InChI=1S/C44H43N5O6/c1-46(2)43(52)31-9-7-30(8-10-31)37-17-11-29-5-3-4-6-36(29)41(37)55-35-15-13-34(14-16-35)54-26-25-47-21-23-48(24-22-47)33-12-18-38-32(27-33)28-49(44(38)53)39-19-20-40(50)45-42(39)51/h3-18,27,39H,19-26,28H2,1-2H3,(H,45,50,51). The smallest absolute Gasteiger partial charge is 0.255 e. The van der Waals surface area contributed by atoms with Gasteiger partial charge in [0.05, 0.1) is 0 Å². The van der Waals surface area contributed by atoms with Gasteiger partial charge in [-0.25, -0.2) is 0 Å². The van der Waals surface area contributed by atoms with Gasteiger partial charge in [0.2, 0.25) is 11.8 Å². The number of carbonyl (C=O) groups excluding carboxylic acids is 4. The van der Waals surface area contributed by atoms with Crippen LogP contribution < -0.4 is 19.7 Å². The fourth-order valence-electron chi connectivity index (χ4n) is 7.63. The number of fused-ring (bicyclic) bond motifs is 2. The van der Waals surface area contributed by atoms with E-state index in [0.29, 0.717) is 36.4 Å². The molecule has 2 fully saturated rings. The van der Waals surface area contributed by atoms with Gasteiger partial charge in [-0.15, -0.1) is 0 Å². The van der Waals surface area contributed by atoms with Crippen molar-refractivity contribution in [1.82, 2.24) is 20.0 Å². The van der Waals surface area contributed by atoms with Crippen molar-refractivity contribution in [3.8, 4) is 28.4 Å². The van der Waals surface area contributed by atoms with Crippen LogP contribution in [0.25, 0.3) is 21.9 Å². The molecule has 8 rings (SSSR count). The summed E-state index contributed by atoms with van der Waals surface area (Å²) in [6, 6.07) is 32.9. The van der Waals surface area contributed by atoms with Crippen LogP contribution in [0.5, 0.6) is 17.2 Å². The molecule has 5 aromatic carbocycles. The minimum absolute atomic E-state index is 0.0403. The number of hydrogen-bond donors (Lipinski definition) is 1. The van der Waals surface area contributed by atoms with Crippen LogP contribution in [0.3, 0.4) is 0 Å². The Bertz CT molecular complexity index is 2260. The number of ether oxygens (including phenoxy) is 2. The van der Waals surface area contributed by atoms with Crippen molar-refractivity contribution in [2.75, 3.05) is 58.3 Å². The predicted molar refractivity (Wildman–Crippen MR) is 211 cm³/mol. The summed E-state index contributed by atoms with van der Waals surface area (Å²) in [6.07, 6.45) is 0.599. The van der Waals surface area contributed by atoms with Crippen LogP contribution in [0.15, 0.2) is 103 Å². The van der Waals surface area contributed by atoms with Crippen LogP contribution in [-0.4, -0.2) is 97.8 Å². The number of piperidine rings is 1. The van der Waals surface area contributed by atoms with Crippen LogP contribution >= 0.6 is 0 Å². The maximum Gasteiger partial charge on any atom is 0.255 e. The fraction of sp³-hybridized carbons (Fsp3) is 0.273. The van der Waals surface area contributed by atoms with Crippen molar-refractivity contribution in [2.24, 2.45) is 0 Å². The lowest BCUT2D eigenvalue weighted by Gasteiger charge is -2.36. The monoisotopic (exact) mass is 737 g/mol. The summed E-state index contributed by atoms with van der Waals surface area (Å²) < 4.78 is 12.7. The molecule has 3 aliphatic heterocycles. The Kier molecular flexibility index (Phi) is 9.94. The first kappa shape index (κ1) is 35.8. The van der Waals surface area contributed by atoms with Crippen molar-refractivity contribution in [1.29, 1.82) is 0 Å². The lowest BCUT2D eigenvalue weighted by molar-refractivity contribution is -0.136. The van der Waals surface area contributed by atoms with E-state index in [4.69, 9.17) is 9.47 Å². The fourth-order valence-corrected chi connectivity index (χ4v) is 7.63. The summed E-state index contributed by atoms with van der Waals surface area (Å²) in [5.41, 5.74) is 5.14. The number of amides is 4. The third-order valence-corrected chi connectivity index (χ3v) is 10.7. The molecule has 0 aromatic heterocycles. The van der Waals surface area contributed by atoms with E-state index in [2.05, 4.69) is 45.4 Å². The molecule has 11 nitrogen and oxygen atoms in total. The van der Waals surface area contributed by atoms with Crippen LogP contribution in [0.2, 0.25) is 0 Å². The van der Waals surface area contributed by atoms with Crippen molar-refractivity contribution < 1.29 is 28.7 Å². The molecular formula is C44H43N5O6. The Balaban J connectivity index is 0.849. The molecule has 11 heteroatoms. The summed E-state index contributed by atoms with van der Waals surface area (Å²) in [6.45, 7) is 5.20. The average molecular weight is 738 g/mol. The summed E-state index contributed by atoms with van der Waals surface area (Å²) in [4.78, 5) is 57.5. The summed E-state index contributed by atoms with van der Waals surface area (Å²) in [5.74, 6) is 1.34. The molecule has 1 unspecified atom stereocenters. The molecular weight excluding hydrogens is 695 g/mol. The summed E-state index contributed by atoms with van der Waals surface area (Å²) in [5, 5.41) is 4.43. The highest BCUT2D eigenvalue weighted by Crippen LogP contribution is 2.40. The topological polar surface area (TPSA) is 112 Å². The van der Waals surface area contributed by atoms with Crippen LogP contribution in [-0.2, 0) is 16.1 Å². The first-order valence-corrected chi connectivity index (χ1v) is 18.7. The molecule has 1 N–H and O–H groups in total. The number of anilines is 1. The zero-order chi connectivity index (χ0) is 38.1. The van der Waals surface area contributed by atoms with Gasteiger partial charge in [-0.1, -0.05) is 42.5 Å². The molecule has 2 saturated heterocycles. The van der Waals surface area contributed by atoms with E-state index in [1.54, 1.807) is 23.9 Å². The number of nitrogens with one attached hydrogen (secondary N) is 1. The highest BCUT2D eigenvalue weighted by Gasteiger charge is 2.39. The second-order valence-corrected chi connectivity index (χ2v) is 14.4. The van der Waals surface area contributed by atoms with Gasteiger partial charge in [0.25, 0.3) is 11.8 Å². The van der Waals surface area contributed by atoms with Crippen molar-refractivity contribution >= 4 is 40.1 Å². The summed E-state index contributed by atoms with van der Waals surface area (Å²) in [7, 11) is 3.49. The Morgan fingerprint density at radius 3 is 2.29 bits per heavy atom. The SMILES string of the molecule is CN(C)C(=O)c1ccc(-c2ccc3ccccc3c2Oc2ccc(OCCN3CCN(c4ccc5c(c4)CN(C4CCC(=O)NC4=O)C5=O)CC3)cc2)cc1. The highest BCUT2D eigenvalue weighted by atomic mass is 16.5. The van der Waals surface area contributed by atoms with E-state index in [0.717, 1.165) is 77.4 Å². The van der Waals surface area contributed by atoms with Gasteiger partial charge in [0.1, 0.15) is 29.9 Å². The second-order valence-electron chi connectivity index (χ2n) is 14.4. The number of rotatable bonds is 10.